The van der Waals surface area contributed by atoms with Crippen LogP contribution >= 0.6 is 19.5 Å². The first-order valence-electron chi connectivity index (χ1n) is 13.9. The van der Waals surface area contributed by atoms with Crippen molar-refractivity contribution in [3.63, 3.8) is 0 Å². The summed E-state index contributed by atoms with van der Waals surface area (Å²) >= 11 is 1.08. The molecule has 1 saturated heterocycles. The summed E-state index contributed by atoms with van der Waals surface area (Å²) in [6.45, 7) is 12.5. The van der Waals surface area contributed by atoms with Crippen LogP contribution in [0.2, 0.25) is 0 Å². The molecule has 14 nitrogen and oxygen atoms in total. The van der Waals surface area contributed by atoms with Crippen LogP contribution in [0, 0.1) is 5.41 Å². The lowest BCUT2D eigenvalue weighted by Gasteiger charge is -2.24. The molecular formula is C26H44FN6O8PS. The van der Waals surface area contributed by atoms with E-state index < -0.39 is 37.5 Å². The Bertz CT molecular complexity index is 1260. The fraction of sp³-hybridized carbons (Fsp3) is 0.731. The van der Waals surface area contributed by atoms with Gasteiger partial charge in [0.2, 0.25) is 11.8 Å². The molecule has 3 rings (SSSR count). The summed E-state index contributed by atoms with van der Waals surface area (Å²) in [6.07, 6.45) is 1.57. The summed E-state index contributed by atoms with van der Waals surface area (Å²) in [6, 6.07) is -0.966. The first-order valence-corrected chi connectivity index (χ1v) is 16.5. The summed E-state index contributed by atoms with van der Waals surface area (Å²) in [7, 11) is -3.49. The molecule has 4 atom stereocenters. The number of hydrogen-bond acceptors (Lipinski definition) is 13. The van der Waals surface area contributed by atoms with Gasteiger partial charge in [0, 0.05) is 11.2 Å². The smallest absolute Gasteiger partial charge is 0.406 e. The number of anilines is 1. The number of carbonyl (C=O) groups is 2. The molecule has 0 amide bonds. The maximum Gasteiger partial charge on any atom is 0.406 e. The highest BCUT2D eigenvalue weighted by atomic mass is 32.2. The molecule has 244 valence electrons. The number of hydrogen-bond donors (Lipinski definition) is 2. The predicted molar refractivity (Wildman–Crippen MR) is 161 cm³/mol. The standard InChI is InChI=1S/C25H41N6O8PS.CH3F/c1-8-35-21-19-20(28-24(26)29-21)31(14-27-19)18-10-9-17(39-18)13-37-40(34,30-16(4)22(32)38-15(2)3)36-11-12-41-23(33)25(5,6)7;1-2/h14-18H,8-13H2,1-7H3,(H,30,34)(H2,26,28,29);1H3. The van der Waals surface area contributed by atoms with Gasteiger partial charge in [-0.05, 0) is 40.5 Å². The van der Waals surface area contributed by atoms with E-state index in [0.29, 0.717) is 43.7 Å². The number of aromatic nitrogens is 4. The number of halogens is 1. The van der Waals surface area contributed by atoms with Crippen molar-refractivity contribution in [2.75, 3.05) is 38.5 Å². The number of imidazole rings is 1. The molecule has 3 heterocycles. The Hall–Kier alpha value is -2.36. The van der Waals surface area contributed by atoms with Crippen LogP contribution in [-0.2, 0) is 32.7 Å². The van der Waals surface area contributed by atoms with Crippen LogP contribution < -0.4 is 15.6 Å². The Morgan fingerprint density at radius 1 is 1.23 bits per heavy atom. The molecule has 2 aromatic rings. The zero-order valence-corrected chi connectivity index (χ0v) is 27.7. The van der Waals surface area contributed by atoms with Crippen molar-refractivity contribution in [3.8, 4) is 5.88 Å². The van der Waals surface area contributed by atoms with E-state index >= 15 is 0 Å². The Morgan fingerprint density at radius 3 is 2.56 bits per heavy atom. The van der Waals surface area contributed by atoms with Crippen molar-refractivity contribution in [3.05, 3.63) is 6.33 Å². The fourth-order valence-electron chi connectivity index (χ4n) is 3.79. The number of ether oxygens (including phenoxy) is 3. The van der Waals surface area contributed by atoms with Crippen LogP contribution in [-0.4, -0.2) is 81.6 Å². The van der Waals surface area contributed by atoms with E-state index in [1.165, 1.54) is 6.92 Å². The van der Waals surface area contributed by atoms with E-state index in [1.807, 2.05) is 27.7 Å². The number of esters is 1. The second-order valence-electron chi connectivity index (χ2n) is 10.8. The summed E-state index contributed by atoms with van der Waals surface area (Å²) in [5.74, 6) is 0.0162. The number of nitrogen functional groups attached to an aromatic ring is 1. The molecule has 2 aromatic heterocycles. The summed E-state index contributed by atoms with van der Waals surface area (Å²) < 4.78 is 53.2. The molecule has 43 heavy (non-hydrogen) atoms. The van der Waals surface area contributed by atoms with Crippen molar-refractivity contribution in [1.82, 2.24) is 24.6 Å². The molecule has 0 radical (unpaired) electrons. The van der Waals surface area contributed by atoms with Crippen molar-refractivity contribution in [2.24, 2.45) is 5.41 Å². The third-order valence-electron chi connectivity index (χ3n) is 5.76. The zero-order valence-electron chi connectivity index (χ0n) is 26.0. The number of nitrogens with zero attached hydrogens (tertiary/aromatic N) is 4. The minimum atomic E-state index is -3.99. The van der Waals surface area contributed by atoms with Gasteiger partial charge in [0.1, 0.15) is 12.3 Å². The zero-order chi connectivity index (χ0) is 32.4. The highest BCUT2D eigenvalue weighted by molar-refractivity contribution is 8.13. The number of nitrogens with two attached hydrogens (primary N) is 1. The molecule has 0 spiro atoms. The second-order valence-corrected chi connectivity index (χ2v) is 13.6. The Balaban J connectivity index is 0.00000316. The second kappa shape index (κ2) is 16.6. The summed E-state index contributed by atoms with van der Waals surface area (Å²) in [5.41, 5.74) is 6.30. The van der Waals surface area contributed by atoms with Gasteiger partial charge < -0.3 is 19.9 Å². The third-order valence-corrected chi connectivity index (χ3v) is 8.72. The lowest BCUT2D eigenvalue weighted by molar-refractivity contribution is -0.149. The number of carbonyl (C=O) groups excluding carboxylic acids is 2. The maximum absolute atomic E-state index is 13.7. The minimum Gasteiger partial charge on any atom is -0.476 e. The monoisotopic (exact) mass is 650 g/mol. The molecule has 17 heteroatoms. The van der Waals surface area contributed by atoms with Crippen molar-refractivity contribution < 1.29 is 41.8 Å². The molecule has 0 saturated carbocycles. The van der Waals surface area contributed by atoms with E-state index in [4.69, 9.17) is 29.0 Å². The van der Waals surface area contributed by atoms with Crippen molar-refractivity contribution in [1.29, 1.82) is 0 Å². The molecule has 1 aliphatic rings. The van der Waals surface area contributed by atoms with Crippen molar-refractivity contribution >= 4 is 47.7 Å². The molecule has 0 bridgehead atoms. The normalized spacial score (nSPS) is 19.0. The van der Waals surface area contributed by atoms with E-state index in [9.17, 15) is 18.5 Å². The molecule has 0 aromatic carbocycles. The molecule has 1 aliphatic heterocycles. The number of fused-ring (bicyclic) bond motifs is 1. The molecular weight excluding hydrogens is 606 g/mol. The largest absolute Gasteiger partial charge is 0.476 e. The van der Waals surface area contributed by atoms with Crippen LogP contribution in [0.4, 0.5) is 10.3 Å². The van der Waals surface area contributed by atoms with E-state index in [-0.39, 0.29) is 36.1 Å². The molecule has 0 aliphatic carbocycles. The van der Waals surface area contributed by atoms with Gasteiger partial charge in [0.25, 0.3) is 0 Å². The van der Waals surface area contributed by atoms with Gasteiger partial charge in [0.15, 0.2) is 16.3 Å². The lowest BCUT2D eigenvalue weighted by atomic mass is 10.00. The van der Waals surface area contributed by atoms with Gasteiger partial charge in [-0.2, -0.15) is 9.97 Å². The highest BCUT2D eigenvalue weighted by Crippen LogP contribution is 2.46. The maximum atomic E-state index is 13.7. The average Bonchev–Trinajstić information content (AvgIpc) is 3.57. The van der Waals surface area contributed by atoms with Gasteiger partial charge in [-0.3, -0.25) is 27.6 Å². The van der Waals surface area contributed by atoms with Crippen LogP contribution in [0.1, 0.15) is 67.5 Å². The highest BCUT2D eigenvalue weighted by Gasteiger charge is 2.35. The average molecular weight is 651 g/mol. The number of thioether (sulfide) groups is 1. The molecule has 1 fully saturated rings. The van der Waals surface area contributed by atoms with Gasteiger partial charge in [-0.15, -0.1) is 0 Å². The van der Waals surface area contributed by atoms with Gasteiger partial charge in [-0.1, -0.05) is 32.5 Å². The molecule has 3 N–H and O–H groups in total. The van der Waals surface area contributed by atoms with Crippen LogP contribution in [0.5, 0.6) is 5.88 Å². The summed E-state index contributed by atoms with van der Waals surface area (Å²) in [4.78, 5) is 37.4. The van der Waals surface area contributed by atoms with E-state index in [1.54, 1.807) is 24.7 Å². The minimum absolute atomic E-state index is 0.0171. The lowest BCUT2D eigenvalue weighted by Crippen LogP contribution is -2.36. The van der Waals surface area contributed by atoms with Gasteiger partial charge in [0.05, 0.1) is 45.5 Å². The Morgan fingerprint density at radius 2 is 1.93 bits per heavy atom. The van der Waals surface area contributed by atoms with Crippen molar-refractivity contribution in [2.45, 2.75) is 85.8 Å². The van der Waals surface area contributed by atoms with Crippen LogP contribution in [0.15, 0.2) is 6.33 Å². The predicted octanol–water partition coefficient (Wildman–Crippen LogP) is 4.45. The van der Waals surface area contributed by atoms with Crippen LogP contribution in [0.3, 0.4) is 0 Å². The SMILES string of the molecule is CCOc1nc(N)nc2c1ncn2C1CCC(COP(=O)(NC(C)C(=O)OC(C)C)OCCSC(=O)C(C)(C)C)O1.CF. The topological polar surface area (TPSA) is 179 Å². The fourth-order valence-corrected chi connectivity index (χ4v) is 6.20. The Kier molecular flexibility index (Phi) is 14.3. The Labute approximate surface area is 255 Å². The van der Waals surface area contributed by atoms with E-state index in [2.05, 4.69) is 20.0 Å². The number of nitrogens with one attached hydrogen (secondary N) is 1. The summed E-state index contributed by atoms with van der Waals surface area (Å²) in [5, 5.41) is 2.64. The first kappa shape index (κ1) is 36.8. The van der Waals surface area contributed by atoms with Gasteiger partial charge >= 0.3 is 13.7 Å². The third kappa shape index (κ3) is 10.9. The van der Waals surface area contributed by atoms with Gasteiger partial charge in [-0.25, -0.2) is 14.6 Å². The van der Waals surface area contributed by atoms with Crippen LogP contribution in [0.25, 0.3) is 11.2 Å². The quantitative estimate of drug-likeness (QED) is 0.166. The number of rotatable bonds is 14. The number of alkyl halides is 1. The van der Waals surface area contributed by atoms with E-state index in [0.717, 1.165) is 11.8 Å². The molecule has 4 unspecified atom stereocenters. The first-order chi connectivity index (χ1) is 20.2.